The minimum atomic E-state index is -1.21. The van der Waals surface area contributed by atoms with Crippen molar-refractivity contribution in [2.24, 2.45) is 4.36 Å². The lowest BCUT2D eigenvalue weighted by Gasteiger charge is -2.01. The Kier molecular flexibility index (Phi) is 3.59. The highest BCUT2D eigenvalue weighted by Gasteiger charge is 1.77. The molecule has 0 fully saturated rings. The van der Waals surface area contributed by atoms with E-state index in [4.69, 9.17) is 0 Å². The Balaban J connectivity index is 2.95. The lowest BCUT2D eigenvalue weighted by Crippen LogP contribution is -1.77. The molecular formula is C7H7BrNOS-. The highest BCUT2D eigenvalue weighted by Crippen LogP contribution is 2.01. The van der Waals surface area contributed by atoms with Gasteiger partial charge in [-0.15, -0.1) is 0 Å². The SMILES string of the molecule is O=[S-](=NCBr)c1ccccc1. The fourth-order valence-electron chi connectivity index (χ4n) is 0.656. The van der Waals surface area contributed by atoms with Crippen molar-refractivity contribution in [2.45, 2.75) is 4.90 Å². The molecule has 60 valence electrons. The van der Waals surface area contributed by atoms with Crippen molar-refractivity contribution in [1.82, 2.24) is 0 Å². The second-order valence-corrected chi connectivity index (χ2v) is 3.54. The summed E-state index contributed by atoms with van der Waals surface area (Å²) in [5.41, 5.74) is 0.411. The number of hydrogen-bond donors (Lipinski definition) is 0. The molecule has 0 saturated heterocycles. The van der Waals surface area contributed by atoms with Crippen LogP contribution in [0.2, 0.25) is 0 Å². The van der Waals surface area contributed by atoms with Crippen LogP contribution in [0.1, 0.15) is 0 Å². The summed E-state index contributed by atoms with van der Waals surface area (Å²) in [5, 5.41) is 0. The van der Waals surface area contributed by atoms with Crippen LogP contribution in [0.3, 0.4) is 0 Å². The number of rotatable bonds is 2. The number of benzene rings is 1. The summed E-state index contributed by atoms with van der Waals surface area (Å²) in [6, 6.07) is 9.16. The molecule has 4 heteroatoms. The number of hydrogen-bond acceptors (Lipinski definition) is 3. The van der Waals surface area contributed by atoms with Gasteiger partial charge in [-0.3, -0.25) is 0 Å². The molecule has 0 aromatic heterocycles. The van der Waals surface area contributed by atoms with Gasteiger partial charge in [0.1, 0.15) is 0 Å². The van der Waals surface area contributed by atoms with Crippen LogP contribution in [0, 0.1) is 0 Å². The van der Waals surface area contributed by atoms with Gasteiger partial charge in [0.25, 0.3) is 0 Å². The van der Waals surface area contributed by atoms with Crippen molar-refractivity contribution in [3.05, 3.63) is 30.3 Å². The Bertz CT molecular complexity index is 293. The van der Waals surface area contributed by atoms with Gasteiger partial charge < -0.3 is 8.57 Å². The Labute approximate surface area is 76.0 Å². The molecule has 0 aliphatic carbocycles. The maximum absolute atomic E-state index is 11.2. The van der Waals surface area contributed by atoms with E-state index in [0.29, 0.717) is 5.45 Å². The molecule has 0 aliphatic rings. The van der Waals surface area contributed by atoms with Crippen molar-refractivity contribution in [2.75, 3.05) is 5.45 Å². The Hall–Kier alpha value is -0.350. The minimum Gasteiger partial charge on any atom is -0.440 e. The normalized spacial score (nSPS) is 13.2. The summed E-state index contributed by atoms with van der Waals surface area (Å²) < 4.78 is 14.9. The molecule has 0 bridgehead atoms. The Morgan fingerprint density at radius 1 is 1.36 bits per heavy atom. The lowest BCUT2D eigenvalue weighted by atomic mass is 10.4. The van der Waals surface area contributed by atoms with Crippen LogP contribution in [0.25, 0.3) is 0 Å². The quantitative estimate of drug-likeness (QED) is 0.438. The average Bonchev–Trinajstić information content (AvgIpc) is 2.07. The van der Waals surface area contributed by atoms with Crippen LogP contribution in [-0.4, -0.2) is 5.45 Å². The first kappa shape index (κ1) is 8.74. The molecule has 0 aliphatic heterocycles. The summed E-state index contributed by atoms with van der Waals surface area (Å²) in [4.78, 5) is 0.743. The van der Waals surface area contributed by atoms with Gasteiger partial charge in [0, 0.05) is 0 Å². The third-order valence-corrected chi connectivity index (χ3v) is 2.73. The third kappa shape index (κ3) is 2.63. The Morgan fingerprint density at radius 3 is 2.55 bits per heavy atom. The fraction of sp³-hybridized carbons (Fsp3) is 0.143. The summed E-state index contributed by atoms with van der Waals surface area (Å²) in [5.74, 6) is 0. The lowest BCUT2D eigenvalue weighted by molar-refractivity contribution is 0.600. The Morgan fingerprint density at radius 2 is 2.00 bits per heavy atom. The number of alkyl halides is 1. The van der Waals surface area contributed by atoms with Crippen LogP contribution in [0.15, 0.2) is 39.6 Å². The zero-order valence-electron chi connectivity index (χ0n) is 5.74. The summed E-state index contributed by atoms with van der Waals surface area (Å²) >= 11 is 3.09. The van der Waals surface area contributed by atoms with E-state index in [1.165, 1.54) is 0 Å². The van der Waals surface area contributed by atoms with Crippen molar-refractivity contribution in [3.63, 3.8) is 0 Å². The second kappa shape index (κ2) is 4.51. The fourth-order valence-corrected chi connectivity index (χ4v) is 1.84. The van der Waals surface area contributed by atoms with Gasteiger partial charge in [-0.2, -0.15) is 10.6 Å². The van der Waals surface area contributed by atoms with Crippen LogP contribution in [-0.2, 0) is 14.8 Å². The van der Waals surface area contributed by atoms with E-state index in [9.17, 15) is 4.21 Å². The molecule has 0 amide bonds. The largest absolute Gasteiger partial charge is 0.440 e. The van der Waals surface area contributed by atoms with Crippen LogP contribution < -0.4 is 0 Å². The van der Waals surface area contributed by atoms with E-state index in [1.54, 1.807) is 12.1 Å². The van der Waals surface area contributed by atoms with Crippen molar-refractivity contribution >= 4 is 26.5 Å². The van der Waals surface area contributed by atoms with E-state index in [2.05, 4.69) is 20.3 Å². The first-order valence-corrected chi connectivity index (χ1v) is 5.28. The predicted molar refractivity (Wildman–Crippen MR) is 49.0 cm³/mol. The van der Waals surface area contributed by atoms with E-state index < -0.39 is 10.6 Å². The van der Waals surface area contributed by atoms with Gasteiger partial charge >= 0.3 is 0 Å². The molecule has 1 rings (SSSR count). The van der Waals surface area contributed by atoms with Crippen LogP contribution in [0.4, 0.5) is 0 Å². The zero-order chi connectivity index (χ0) is 8.10. The zero-order valence-corrected chi connectivity index (χ0v) is 8.14. The maximum Gasteiger partial charge on any atom is 0.0688 e. The standard InChI is InChI=1S/C7H7BrNOS/c8-6-9-11(10)7-4-2-1-3-5-7/h1-5H,6H2/q-1. The van der Waals surface area contributed by atoms with Gasteiger partial charge in [0.2, 0.25) is 0 Å². The molecule has 0 atom stereocenters. The molecule has 0 unspecified atom stereocenters. The van der Waals surface area contributed by atoms with Gasteiger partial charge in [-0.1, -0.05) is 51.2 Å². The topological polar surface area (TPSA) is 29.4 Å². The third-order valence-electron chi connectivity index (χ3n) is 1.11. The summed E-state index contributed by atoms with van der Waals surface area (Å²) in [6.45, 7) is 0. The van der Waals surface area contributed by atoms with E-state index in [0.717, 1.165) is 4.90 Å². The van der Waals surface area contributed by atoms with Gasteiger partial charge in [-0.25, -0.2) is 0 Å². The van der Waals surface area contributed by atoms with Crippen LogP contribution in [0.5, 0.6) is 0 Å². The monoisotopic (exact) mass is 232 g/mol. The van der Waals surface area contributed by atoms with Crippen molar-refractivity contribution < 1.29 is 4.21 Å². The highest BCUT2D eigenvalue weighted by molar-refractivity contribution is 9.09. The van der Waals surface area contributed by atoms with Gasteiger partial charge in [0.15, 0.2) is 0 Å². The van der Waals surface area contributed by atoms with Gasteiger partial charge in [-0.05, 0) is 0 Å². The number of halogens is 1. The maximum atomic E-state index is 11.2. The molecule has 1 aromatic carbocycles. The minimum absolute atomic E-state index is 0.411. The van der Waals surface area contributed by atoms with Crippen molar-refractivity contribution in [1.29, 1.82) is 0 Å². The molecule has 0 saturated carbocycles. The van der Waals surface area contributed by atoms with E-state index in [-0.39, 0.29) is 0 Å². The first-order valence-electron chi connectivity index (χ1n) is 3.05. The highest BCUT2D eigenvalue weighted by atomic mass is 79.9. The van der Waals surface area contributed by atoms with E-state index >= 15 is 0 Å². The molecular weight excluding hydrogens is 226 g/mol. The summed E-state index contributed by atoms with van der Waals surface area (Å²) in [6.07, 6.45) is 0. The van der Waals surface area contributed by atoms with E-state index in [1.807, 2.05) is 18.2 Å². The van der Waals surface area contributed by atoms with Crippen LogP contribution >= 0.6 is 15.9 Å². The first-order chi connectivity index (χ1) is 5.34. The molecule has 1 aromatic rings. The summed E-state index contributed by atoms with van der Waals surface area (Å²) in [7, 11) is -1.21. The molecule has 0 heterocycles. The molecule has 2 nitrogen and oxygen atoms in total. The molecule has 11 heavy (non-hydrogen) atoms. The molecule has 0 spiro atoms. The molecule has 0 radical (unpaired) electrons. The number of nitrogens with zero attached hydrogens (tertiary/aromatic N) is 1. The predicted octanol–water partition coefficient (Wildman–Crippen LogP) is 2.55. The smallest absolute Gasteiger partial charge is 0.0688 e. The van der Waals surface area contributed by atoms with Crippen molar-refractivity contribution in [3.8, 4) is 0 Å². The second-order valence-electron chi connectivity index (χ2n) is 1.81. The van der Waals surface area contributed by atoms with Gasteiger partial charge in [0.05, 0.1) is 5.45 Å². The molecule has 0 N–H and O–H groups in total. The average molecular weight is 233 g/mol.